The number of ketones is 1. The highest BCUT2D eigenvalue weighted by Crippen LogP contribution is 2.45. The topological polar surface area (TPSA) is 89.2 Å². The van der Waals surface area contributed by atoms with Gasteiger partial charge in [-0.3, -0.25) is 14.5 Å². The molecule has 0 saturated carbocycles. The van der Waals surface area contributed by atoms with Gasteiger partial charge in [0.15, 0.2) is 0 Å². The van der Waals surface area contributed by atoms with Crippen LogP contribution in [0.3, 0.4) is 0 Å². The van der Waals surface area contributed by atoms with Gasteiger partial charge in [-0.15, -0.1) is 0 Å². The summed E-state index contributed by atoms with van der Waals surface area (Å²) in [4.78, 5) is 28.0. The molecule has 3 aromatic rings. The molecule has 2 heterocycles. The number of benzene rings is 2. The van der Waals surface area contributed by atoms with Crippen LogP contribution in [0.1, 0.15) is 34.3 Å². The highest BCUT2D eigenvalue weighted by molar-refractivity contribution is 6.51. The second kappa shape index (κ2) is 8.50. The fraction of sp³-hybridized carbons (Fsp3) is 0.231. The van der Waals surface area contributed by atoms with Crippen LogP contribution in [0.2, 0.25) is 0 Å². The van der Waals surface area contributed by atoms with Gasteiger partial charge in [0.05, 0.1) is 25.4 Å². The van der Waals surface area contributed by atoms with Gasteiger partial charge in [0.25, 0.3) is 11.7 Å². The summed E-state index contributed by atoms with van der Waals surface area (Å²) in [6.07, 6.45) is 0. The number of carbonyl (C=O) groups excluding carboxylic acids is 2. The Hall–Kier alpha value is -4.00. The Bertz CT molecular complexity index is 1290. The molecule has 7 heteroatoms. The third-order valence-corrected chi connectivity index (χ3v) is 5.97. The number of hydrogen-bond acceptors (Lipinski definition) is 6. The number of nitrogens with zero attached hydrogens (tertiary/aromatic N) is 1. The predicted octanol–water partition coefficient (Wildman–Crippen LogP) is 4.85. The molecule has 1 aliphatic rings. The zero-order valence-corrected chi connectivity index (χ0v) is 19.1. The van der Waals surface area contributed by atoms with E-state index in [4.69, 9.17) is 13.9 Å². The monoisotopic (exact) mass is 447 g/mol. The van der Waals surface area contributed by atoms with Gasteiger partial charge in [-0.1, -0.05) is 12.1 Å². The van der Waals surface area contributed by atoms with Crippen LogP contribution in [-0.4, -0.2) is 31.0 Å². The normalized spacial score (nSPS) is 17.5. The number of anilines is 1. The summed E-state index contributed by atoms with van der Waals surface area (Å²) in [5.74, 6) is -0.127. The molecule has 1 fully saturated rings. The van der Waals surface area contributed by atoms with E-state index in [0.717, 1.165) is 11.1 Å². The van der Waals surface area contributed by atoms with E-state index in [1.54, 1.807) is 43.3 Å². The first-order chi connectivity index (χ1) is 15.8. The van der Waals surface area contributed by atoms with E-state index >= 15 is 0 Å². The first-order valence-electron chi connectivity index (χ1n) is 10.4. The van der Waals surface area contributed by atoms with E-state index in [1.165, 1.54) is 19.1 Å². The van der Waals surface area contributed by atoms with Gasteiger partial charge in [0.2, 0.25) is 0 Å². The van der Waals surface area contributed by atoms with E-state index in [1.807, 2.05) is 26.0 Å². The summed E-state index contributed by atoms with van der Waals surface area (Å²) in [5.41, 5.74) is 2.56. The molecule has 1 unspecified atom stereocenters. The van der Waals surface area contributed by atoms with Gasteiger partial charge in [-0.25, -0.2) is 0 Å². The highest BCUT2D eigenvalue weighted by atomic mass is 16.5. The standard InChI is InChI=1S/C26H25NO6/c1-14-7-6-8-19(16(14)3)27-23(21-11-9-15(2)33-21)22(25(29)26(27)30)24(28)18-13-17(31-4)10-12-20(18)32-5/h6-13,23,28H,1-5H3/b24-22-. The van der Waals surface area contributed by atoms with Crippen LogP contribution in [-0.2, 0) is 9.59 Å². The number of aliphatic hydroxyl groups is 1. The second-order valence-corrected chi connectivity index (χ2v) is 7.90. The van der Waals surface area contributed by atoms with Crippen molar-refractivity contribution in [1.29, 1.82) is 0 Å². The Morgan fingerprint density at radius 2 is 1.76 bits per heavy atom. The van der Waals surface area contributed by atoms with E-state index in [0.29, 0.717) is 28.7 Å². The summed E-state index contributed by atoms with van der Waals surface area (Å²) in [5, 5.41) is 11.4. The molecule has 33 heavy (non-hydrogen) atoms. The van der Waals surface area contributed by atoms with Crippen molar-refractivity contribution in [3.05, 3.63) is 82.3 Å². The van der Waals surface area contributed by atoms with Crippen molar-refractivity contribution in [2.24, 2.45) is 0 Å². The zero-order valence-electron chi connectivity index (χ0n) is 19.1. The first-order valence-corrected chi connectivity index (χ1v) is 10.4. The third-order valence-electron chi connectivity index (χ3n) is 5.97. The summed E-state index contributed by atoms with van der Waals surface area (Å²) in [6.45, 7) is 5.60. The second-order valence-electron chi connectivity index (χ2n) is 7.90. The lowest BCUT2D eigenvalue weighted by Gasteiger charge is -2.25. The first kappa shape index (κ1) is 22.2. The lowest BCUT2D eigenvalue weighted by molar-refractivity contribution is -0.132. The van der Waals surface area contributed by atoms with Crippen molar-refractivity contribution in [2.45, 2.75) is 26.8 Å². The molecular weight excluding hydrogens is 422 g/mol. The Morgan fingerprint density at radius 3 is 2.39 bits per heavy atom. The molecule has 7 nitrogen and oxygen atoms in total. The summed E-state index contributed by atoms with van der Waals surface area (Å²) in [7, 11) is 2.96. The molecule has 0 spiro atoms. The van der Waals surface area contributed by atoms with Gasteiger partial charge in [0, 0.05) is 5.69 Å². The number of furan rings is 1. The Balaban J connectivity index is 2.00. The number of methoxy groups -OCH3 is 2. The number of ether oxygens (including phenoxy) is 2. The average Bonchev–Trinajstić information content (AvgIpc) is 3.35. The summed E-state index contributed by atoms with van der Waals surface area (Å²) >= 11 is 0. The maximum Gasteiger partial charge on any atom is 0.300 e. The number of amides is 1. The molecule has 0 radical (unpaired) electrons. The van der Waals surface area contributed by atoms with Crippen LogP contribution in [0.25, 0.3) is 5.76 Å². The molecule has 1 atom stereocenters. The molecule has 1 amide bonds. The van der Waals surface area contributed by atoms with Gasteiger partial charge in [-0.2, -0.15) is 0 Å². The number of aliphatic hydroxyl groups excluding tert-OH is 1. The number of Topliss-reactive ketones (excluding diaryl/α,β-unsaturated/α-hetero) is 1. The van der Waals surface area contributed by atoms with Crippen LogP contribution in [0, 0.1) is 20.8 Å². The van der Waals surface area contributed by atoms with Gasteiger partial charge < -0.3 is 19.0 Å². The maximum absolute atomic E-state index is 13.3. The van der Waals surface area contributed by atoms with E-state index < -0.39 is 17.7 Å². The minimum Gasteiger partial charge on any atom is -0.507 e. The minimum atomic E-state index is -0.949. The van der Waals surface area contributed by atoms with Gasteiger partial charge in [0.1, 0.15) is 34.8 Å². The quantitative estimate of drug-likeness (QED) is 0.342. The number of hydrogen-bond donors (Lipinski definition) is 1. The Kier molecular flexibility index (Phi) is 5.72. The largest absolute Gasteiger partial charge is 0.507 e. The van der Waals surface area contributed by atoms with Crippen LogP contribution in [0.5, 0.6) is 11.5 Å². The van der Waals surface area contributed by atoms with Crippen molar-refractivity contribution in [3.8, 4) is 11.5 Å². The van der Waals surface area contributed by atoms with Crippen molar-refractivity contribution < 1.29 is 28.6 Å². The molecule has 0 aliphatic carbocycles. The molecule has 1 saturated heterocycles. The van der Waals surface area contributed by atoms with Crippen LogP contribution in [0.15, 0.2) is 58.5 Å². The Morgan fingerprint density at radius 1 is 1.00 bits per heavy atom. The minimum absolute atomic E-state index is 0.0817. The molecule has 1 aliphatic heterocycles. The summed E-state index contributed by atoms with van der Waals surface area (Å²) < 4.78 is 16.5. The molecule has 1 aromatic heterocycles. The zero-order chi connectivity index (χ0) is 23.9. The van der Waals surface area contributed by atoms with Crippen molar-refractivity contribution in [1.82, 2.24) is 0 Å². The molecule has 170 valence electrons. The molecule has 4 rings (SSSR count). The third kappa shape index (κ3) is 3.65. The van der Waals surface area contributed by atoms with E-state index in [2.05, 4.69) is 0 Å². The van der Waals surface area contributed by atoms with Crippen molar-refractivity contribution in [3.63, 3.8) is 0 Å². The fourth-order valence-electron chi connectivity index (χ4n) is 4.09. The number of carbonyl (C=O) groups is 2. The predicted molar refractivity (Wildman–Crippen MR) is 124 cm³/mol. The number of aryl methyl sites for hydroxylation is 2. The fourth-order valence-corrected chi connectivity index (χ4v) is 4.09. The Labute approximate surface area is 191 Å². The van der Waals surface area contributed by atoms with E-state index in [-0.39, 0.29) is 16.9 Å². The molecule has 1 N–H and O–H groups in total. The van der Waals surface area contributed by atoms with E-state index in [9.17, 15) is 14.7 Å². The molecule has 2 aromatic carbocycles. The lowest BCUT2D eigenvalue weighted by atomic mass is 9.98. The van der Waals surface area contributed by atoms with Gasteiger partial charge in [-0.05, 0) is 68.3 Å². The van der Waals surface area contributed by atoms with Crippen molar-refractivity contribution >= 4 is 23.1 Å². The lowest BCUT2D eigenvalue weighted by Crippen LogP contribution is -2.30. The number of rotatable bonds is 5. The molecular formula is C26H25NO6. The van der Waals surface area contributed by atoms with Gasteiger partial charge >= 0.3 is 0 Å². The van der Waals surface area contributed by atoms with Crippen LogP contribution in [0.4, 0.5) is 5.69 Å². The summed E-state index contributed by atoms with van der Waals surface area (Å²) in [6, 6.07) is 12.9. The SMILES string of the molecule is COc1ccc(OC)c(/C(O)=C2/C(=O)C(=O)N(c3cccc(C)c3C)C2c2ccc(C)o2)c1. The smallest absolute Gasteiger partial charge is 0.300 e. The van der Waals surface area contributed by atoms with Crippen molar-refractivity contribution in [2.75, 3.05) is 19.1 Å². The highest BCUT2D eigenvalue weighted by Gasteiger charge is 2.49. The average molecular weight is 447 g/mol. The van der Waals surface area contributed by atoms with Crippen LogP contribution >= 0.6 is 0 Å². The maximum atomic E-state index is 13.3. The molecule has 0 bridgehead atoms. The van der Waals surface area contributed by atoms with Crippen LogP contribution < -0.4 is 14.4 Å².